The number of nitrogens with zero attached hydrogens (tertiary/aromatic N) is 2. The SMILES string of the molecule is CN1C(=O)c2ccccc2N2C(=O)CCC12C(=O)OCC(=O)NCc1ccccc1F. The van der Waals surface area contributed by atoms with E-state index in [0.717, 1.165) is 0 Å². The quantitative estimate of drug-likeness (QED) is 0.734. The first-order chi connectivity index (χ1) is 14.9. The van der Waals surface area contributed by atoms with E-state index >= 15 is 0 Å². The third kappa shape index (κ3) is 3.31. The van der Waals surface area contributed by atoms with Gasteiger partial charge in [-0.15, -0.1) is 0 Å². The van der Waals surface area contributed by atoms with Crippen LogP contribution in [0.2, 0.25) is 0 Å². The lowest BCUT2D eigenvalue weighted by Crippen LogP contribution is -2.67. The first-order valence-electron chi connectivity index (χ1n) is 9.74. The summed E-state index contributed by atoms with van der Waals surface area (Å²) in [6, 6.07) is 12.5. The van der Waals surface area contributed by atoms with Crippen LogP contribution in [0.3, 0.4) is 0 Å². The Morgan fingerprint density at radius 2 is 1.84 bits per heavy atom. The van der Waals surface area contributed by atoms with Crippen molar-refractivity contribution in [2.75, 3.05) is 18.6 Å². The van der Waals surface area contributed by atoms with Crippen LogP contribution in [0.5, 0.6) is 0 Å². The highest BCUT2D eigenvalue weighted by Crippen LogP contribution is 2.44. The van der Waals surface area contributed by atoms with Gasteiger partial charge in [-0.25, -0.2) is 9.18 Å². The number of benzene rings is 2. The van der Waals surface area contributed by atoms with Crippen LogP contribution in [0, 0.1) is 5.82 Å². The lowest BCUT2D eigenvalue weighted by Gasteiger charge is -2.46. The standard InChI is InChI=1S/C22H20FN3O5/c1-25-20(29)15-7-3-5-9-17(15)26-19(28)10-11-22(25,26)21(30)31-13-18(27)24-12-14-6-2-4-8-16(14)23/h2-9H,10-13H2,1H3,(H,24,27). The van der Waals surface area contributed by atoms with Crippen molar-refractivity contribution in [3.8, 4) is 0 Å². The van der Waals surface area contributed by atoms with E-state index in [9.17, 15) is 23.6 Å². The fraction of sp³-hybridized carbons (Fsp3) is 0.273. The summed E-state index contributed by atoms with van der Waals surface area (Å²) < 4.78 is 18.9. The molecule has 160 valence electrons. The number of esters is 1. The van der Waals surface area contributed by atoms with Gasteiger partial charge in [0.05, 0.1) is 11.3 Å². The minimum Gasteiger partial charge on any atom is -0.452 e. The molecular weight excluding hydrogens is 405 g/mol. The van der Waals surface area contributed by atoms with Crippen LogP contribution in [0.1, 0.15) is 28.8 Å². The molecule has 2 aliphatic rings. The van der Waals surface area contributed by atoms with E-state index in [1.165, 1.54) is 35.0 Å². The zero-order chi connectivity index (χ0) is 22.2. The fourth-order valence-corrected chi connectivity index (χ4v) is 4.02. The molecule has 0 radical (unpaired) electrons. The highest BCUT2D eigenvalue weighted by molar-refractivity contribution is 6.15. The molecule has 9 heteroatoms. The molecule has 0 aromatic heterocycles. The molecule has 0 saturated carbocycles. The van der Waals surface area contributed by atoms with Gasteiger partial charge in [0.15, 0.2) is 6.61 Å². The van der Waals surface area contributed by atoms with Gasteiger partial charge in [0.25, 0.3) is 11.8 Å². The van der Waals surface area contributed by atoms with Gasteiger partial charge in [0.1, 0.15) is 5.82 Å². The number of carbonyl (C=O) groups is 4. The molecule has 8 nitrogen and oxygen atoms in total. The van der Waals surface area contributed by atoms with Crippen molar-refractivity contribution in [1.29, 1.82) is 0 Å². The Kier molecular flexibility index (Phi) is 5.18. The number of nitrogens with one attached hydrogen (secondary N) is 1. The van der Waals surface area contributed by atoms with Gasteiger partial charge >= 0.3 is 5.97 Å². The molecule has 2 heterocycles. The molecule has 2 aromatic rings. The van der Waals surface area contributed by atoms with Crippen LogP contribution in [0.25, 0.3) is 0 Å². The second-order valence-corrected chi connectivity index (χ2v) is 7.37. The Morgan fingerprint density at radius 1 is 1.13 bits per heavy atom. The first kappa shape index (κ1) is 20.5. The van der Waals surface area contributed by atoms with Crippen molar-refractivity contribution >= 4 is 29.4 Å². The number of hydrogen-bond donors (Lipinski definition) is 1. The molecule has 1 N–H and O–H groups in total. The van der Waals surface area contributed by atoms with Gasteiger partial charge in [-0.2, -0.15) is 0 Å². The molecule has 1 saturated heterocycles. The van der Waals surface area contributed by atoms with Crippen LogP contribution < -0.4 is 10.2 Å². The average molecular weight is 425 g/mol. The minimum atomic E-state index is -1.64. The van der Waals surface area contributed by atoms with Crippen LogP contribution in [0.15, 0.2) is 48.5 Å². The molecule has 1 fully saturated rings. The van der Waals surface area contributed by atoms with Gasteiger partial charge in [-0.3, -0.25) is 19.3 Å². The van der Waals surface area contributed by atoms with Crippen LogP contribution >= 0.6 is 0 Å². The van der Waals surface area contributed by atoms with E-state index < -0.39 is 35.9 Å². The van der Waals surface area contributed by atoms with E-state index in [1.54, 1.807) is 30.3 Å². The van der Waals surface area contributed by atoms with Gasteiger partial charge in [0.2, 0.25) is 11.6 Å². The number of para-hydroxylation sites is 1. The number of fused-ring (bicyclic) bond motifs is 3. The van der Waals surface area contributed by atoms with Gasteiger partial charge in [0, 0.05) is 32.0 Å². The zero-order valence-corrected chi connectivity index (χ0v) is 16.8. The van der Waals surface area contributed by atoms with Gasteiger partial charge in [-0.1, -0.05) is 30.3 Å². The van der Waals surface area contributed by atoms with Crippen molar-refractivity contribution in [3.05, 3.63) is 65.5 Å². The molecule has 31 heavy (non-hydrogen) atoms. The summed E-state index contributed by atoms with van der Waals surface area (Å²) in [5.74, 6) is -2.69. The van der Waals surface area contributed by atoms with Crippen molar-refractivity contribution in [1.82, 2.24) is 10.2 Å². The maximum Gasteiger partial charge on any atom is 0.354 e. The normalized spacial score (nSPS) is 19.7. The van der Waals surface area contributed by atoms with Crippen molar-refractivity contribution in [2.45, 2.75) is 25.0 Å². The fourth-order valence-electron chi connectivity index (χ4n) is 4.02. The van der Waals surface area contributed by atoms with Crippen molar-refractivity contribution in [3.63, 3.8) is 0 Å². The van der Waals surface area contributed by atoms with Gasteiger partial charge in [-0.05, 0) is 18.2 Å². The predicted molar refractivity (Wildman–Crippen MR) is 107 cm³/mol. The molecular formula is C22H20FN3O5. The predicted octanol–water partition coefficient (Wildman–Crippen LogP) is 1.59. The van der Waals surface area contributed by atoms with Crippen LogP contribution in [-0.2, 0) is 25.7 Å². The molecule has 0 bridgehead atoms. The van der Waals surface area contributed by atoms with E-state index in [0.29, 0.717) is 16.8 Å². The lowest BCUT2D eigenvalue weighted by molar-refractivity contribution is -0.159. The molecule has 1 unspecified atom stereocenters. The Balaban J connectivity index is 1.49. The number of halogens is 1. The van der Waals surface area contributed by atoms with E-state index in [-0.39, 0.29) is 25.3 Å². The number of ether oxygens (including phenoxy) is 1. The molecule has 0 spiro atoms. The summed E-state index contributed by atoms with van der Waals surface area (Å²) in [5.41, 5.74) is -0.697. The molecule has 2 aliphatic heterocycles. The van der Waals surface area contributed by atoms with E-state index in [4.69, 9.17) is 4.74 Å². The largest absolute Gasteiger partial charge is 0.452 e. The average Bonchev–Trinajstić information content (AvgIpc) is 3.13. The number of carbonyl (C=O) groups excluding carboxylic acids is 4. The summed E-state index contributed by atoms with van der Waals surface area (Å²) in [5, 5.41) is 2.48. The Morgan fingerprint density at radius 3 is 2.61 bits per heavy atom. The third-order valence-electron chi connectivity index (χ3n) is 5.64. The first-order valence-corrected chi connectivity index (χ1v) is 9.74. The summed E-state index contributed by atoms with van der Waals surface area (Å²) in [6.07, 6.45) is 0.110. The summed E-state index contributed by atoms with van der Waals surface area (Å²) in [4.78, 5) is 53.2. The lowest BCUT2D eigenvalue weighted by atomic mass is 9.97. The van der Waals surface area contributed by atoms with E-state index in [1.807, 2.05) is 0 Å². The molecule has 0 aliphatic carbocycles. The van der Waals surface area contributed by atoms with Gasteiger partial charge < -0.3 is 15.0 Å². The van der Waals surface area contributed by atoms with E-state index in [2.05, 4.69) is 5.32 Å². The topological polar surface area (TPSA) is 96.0 Å². The second-order valence-electron chi connectivity index (χ2n) is 7.37. The Hall–Kier alpha value is -3.75. The molecule has 2 aromatic carbocycles. The highest BCUT2D eigenvalue weighted by atomic mass is 19.1. The maximum absolute atomic E-state index is 13.7. The molecule has 4 rings (SSSR count). The van der Waals surface area contributed by atoms with Crippen molar-refractivity contribution in [2.24, 2.45) is 0 Å². The van der Waals surface area contributed by atoms with Crippen molar-refractivity contribution < 1.29 is 28.3 Å². The summed E-state index contributed by atoms with van der Waals surface area (Å²) in [6.45, 7) is -0.689. The second kappa shape index (κ2) is 7.82. The number of amides is 3. The zero-order valence-electron chi connectivity index (χ0n) is 16.8. The minimum absolute atomic E-state index is 0.0537. The van der Waals surface area contributed by atoms with Crippen LogP contribution in [-0.4, -0.2) is 47.9 Å². The smallest absolute Gasteiger partial charge is 0.354 e. The number of rotatable bonds is 5. The maximum atomic E-state index is 13.7. The highest BCUT2D eigenvalue weighted by Gasteiger charge is 2.60. The number of hydrogen-bond acceptors (Lipinski definition) is 5. The number of likely N-dealkylation sites (N-methyl/N-ethyl adjacent to an activating group) is 1. The molecule has 1 atom stereocenters. The Labute approximate surface area is 177 Å². The molecule has 3 amide bonds. The number of anilines is 1. The third-order valence-corrected chi connectivity index (χ3v) is 5.64. The summed E-state index contributed by atoms with van der Waals surface area (Å²) >= 11 is 0. The monoisotopic (exact) mass is 425 g/mol. The summed E-state index contributed by atoms with van der Waals surface area (Å²) in [7, 11) is 1.43. The Bertz CT molecular complexity index is 1090. The van der Waals surface area contributed by atoms with Crippen LogP contribution in [0.4, 0.5) is 10.1 Å².